The minimum atomic E-state index is -4.03. The van der Waals surface area contributed by atoms with Crippen molar-refractivity contribution in [2.24, 2.45) is 0 Å². The molecule has 0 heterocycles. The molecule has 6 heteroatoms. The standard InChI is InChI=1S/C6H5O3S.Na.H2O.H/c7-10(8,9)6-4-2-1-3-5-6;;;/h1-2,4-5H,(H,7,8,9);;1H2;. The van der Waals surface area contributed by atoms with Gasteiger partial charge in [-0.2, -0.15) is 8.42 Å². The van der Waals surface area contributed by atoms with Crippen LogP contribution >= 0.6 is 0 Å². The molecule has 0 aromatic heterocycles. The summed E-state index contributed by atoms with van der Waals surface area (Å²) < 4.78 is 29.2. The van der Waals surface area contributed by atoms with Gasteiger partial charge in [0, 0.05) is 0 Å². The maximum absolute atomic E-state index is 10.4. The molecule has 1 aromatic rings. The molecule has 0 spiro atoms. The van der Waals surface area contributed by atoms with Gasteiger partial charge in [-0.1, -0.05) is 12.1 Å². The van der Waals surface area contributed by atoms with Crippen LogP contribution in [0.5, 0.6) is 0 Å². The quantitative estimate of drug-likeness (QED) is 0.477. The van der Waals surface area contributed by atoms with Crippen molar-refractivity contribution >= 4 is 39.7 Å². The molecule has 1 rings (SSSR count). The Morgan fingerprint density at radius 3 is 2.25 bits per heavy atom. The van der Waals surface area contributed by atoms with Gasteiger partial charge in [0.2, 0.25) is 0 Å². The summed E-state index contributed by atoms with van der Waals surface area (Å²) in [6, 6.07) is 8.07. The predicted octanol–water partition coefficient (Wildman–Crippen LogP) is -0.740. The Balaban J connectivity index is 0. The Kier molecular flexibility index (Phi) is 6.92. The molecule has 0 bridgehead atoms. The first kappa shape index (κ1) is 14.6. The van der Waals surface area contributed by atoms with Crippen molar-refractivity contribution in [3.05, 3.63) is 30.3 Å². The molecule has 0 atom stereocenters. The first-order valence-corrected chi connectivity index (χ1v) is 3.98. The molecule has 1 aromatic carbocycles. The molecular formula is C6H8NaO4S. The molecular weight excluding hydrogens is 191 g/mol. The van der Waals surface area contributed by atoms with Gasteiger partial charge in [0.15, 0.2) is 0 Å². The fourth-order valence-electron chi connectivity index (χ4n) is 0.537. The number of rotatable bonds is 1. The van der Waals surface area contributed by atoms with Crippen LogP contribution in [0.4, 0.5) is 0 Å². The summed E-state index contributed by atoms with van der Waals surface area (Å²) in [6.45, 7) is 0. The van der Waals surface area contributed by atoms with Gasteiger partial charge in [-0.25, -0.2) is 0 Å². The van der Waals surface area contributed by atoms with E-state index >= 15 is 0 Å². The number of benzene rings is 1. The number of hydrogen-bond donors (Lipinski definition) is 1. The average Bonchev–Trinajstić information content (AvgIpc) is 1.88. The van der Waals surface area contributed by atoms with E-state index in [1.165, 1.54) is 18.2 Å². The molecule has 0 amide bonds. The molecule has 0 aliphatic rings. The molecule has 12 heavy (non-hydrogen) atoms. The molecule has 0 saturated carbocycles. The van der Waals surface area contributed by atoms with Crippen molar-refractivity contribution in [1.82, 2.24) is 0 Å². The van der Waals surface area contributed by atoms with Crippen LogP contribution in [0, 0.1) is 6.07 Å². The van der Waals surface area contributed by atoms with Crippen LogP contribution < -0.4 is 0 Å². The SMILES string of the molecule is O.O=S(=O)(O)c1c[c]ccc1.[NaH]. The zero-order chi connectivity index (χ0) is 7.61. The molecule has 1 radical (unpaired) electrons. The van der Waals surface area contributed by atoms with E-state index in [-0.39, 0.29) is 39.9 Å². The monoisotopic (exact) mass is 199 g/mol. The summed E-state index contributed by atoms with van der Waals surface area (Å²) in [5, 5.41) is 0. The summed E-state index contributed by atoms with van der Waals surface area (Å²) in [4.78, 5) is -0.130. The van der Waals surface area contributed by atoms with E-state index in [0.29, 0.717) is 0 Å². The molecule has 0 aliphatic carbocycles. The minimum absolute atomic E-state index is 0. The maximum atomic E-state index is 10.4. The molecule has 0 aliphatic heterocycles. The van der Waals surface area contributed by atoms with E-state index in [1.54, 1.807) is 6.07 Å². The van der Waals surface area contributed by atoms with E-state index in [0.717, 1.165) is 0 Å². The van der Waals surface area contributed by atoms with Crippen molar-refractivity contribution in [1.29, 1.82) is 0 Å². The van der Waals surface area contributed by atoms with E-state index in [9.17, 15) is 8.42 Å². The van der Waals surface area contributed by atoms with Gasteiger partial charge in [-0.3, -0.25) is 4.55 Å². The van der Waals surface area contributed by atoms with Crippen LogP contribution in [0.2, 0.25) is 0 Å². The Bertz CT molecular complexity index is 308. The third kappa shape index (κ3) is 4.20. The van der Waals surface area contributed by atoms with Gasteiger partial charge in [0.05, 0.1) is 4.90 Å². The Morgan fingerprint density at radius 2 is 2.00 bits per heavy atom. The molecule has 0 fully saturated rings. The summed E-state index contributed by atoms with van der Waals surface area (Å²) in [6.07, 6.45) is 0. The second kappa shape index (κ2) is 5.69. The first-order chi connectivity index (χ1) is 4.61. The molecule has 63 valence electrons. The van der Waals surface area contributed by atoms with Crippen LogP contribution in [0.15, 0.2) is 29.2 Å². The van der Waals surface area contributed by atoms with Crippen LogP contribution in [0.1, 0.15) is 0 Å². The summed E-state index contributed by atoms with van der Waals surface area (Å²) >= 11 is 0. The van der Waals surface area contributed by atoms with Gasteiger partial charge in [-0.05, 0) is 18.2 Å². The normalized spacial score (nSPS) is 9.42. The third-order valence-corrected chi connectivity index (χ3v) is 1.83. The van der Waals surface area contributed by atoms with Gasteiger partial charge < -0.3 is 5.48 Å². The Morgan fingerprint density at radius 1 is 1.42 bits per heavy atom. The van der Waals surface area contributed by atoms with Crippen LogP contribution in [-0.4, -0.2) is 48.0 Å². The van der Waals surface area contributed by atoms with Gasteiger partial charge in [0.1, 0.15) is 0 Å². The van der Waals surface area contributed by atoms with Crippen molar-refractivity contribution in [2.75, 3.05) is 0 Å². The Labute approximate surface area is 93.0 Å². The van der Waals surface area contributed by atoms with Gasteiger partial charge in [-0.15, -0.1) is 0 Å². The van der Waals surface area contributed by atoms with Crippen molar-refractivity contribution in [3.63, 3.8) is 0 Å². The first-order valence-electron chi connectivity index (χ1n) is 2.54. The predicted molar refractivity (Wildman–Crippen MR) is 45.9 cm³/mol. The van der Waals surface area contributed by atoms with Gasteiger partial charge >= 0.3 is 29.6 Å². The van der Waals surface area contributed by atoms with Crippen LogP contribution in [-0.2, 0) is 10.1 Å². The summed E-state index contributed by atoms with van der Waals surface area (Å²) in [5.41, 5.74) is 0. The van der Waals surface area contributed by atoms with Crippen molar-refractivity contribution < 1.29 is 18.4 Å². The fourth-order valence-corrected chi connectivity index (χ4v) is 1.00. The topological polar surface area (TPSA) is 85.9 Å². The van der Waals surface area contributed by atoms with E-state index in [2.05, 4.69) is 6.07 Å². The second-order valence-electron chi connectivity index (χ2n) is 1.71. The summed E-state index contributed by atoms with van der Waals surface area (Å²) in [7, 11) is -4.03. The van der Waals surface area contributed by atoms with Crippen LogP contribution in [0.3, 0.4) is 0 Å². The molecule has 3 N–H and O–H groups in total. The van der Waals surface area contributed by atoms with E-state index < -0.39 is 10.1 Å². The van der Waals surface area contributed by atoms with Crippen molar-refractivity contribution in [3.8, 4) is 0 Å². The van der Waals surface area contributed by atoms with E-state index in [1.807, 2.05) is 0 Å². The van der Waals surface area contributed by atoms with E-state index in [4.69, 9.17) is 4.55 Å². The third-order valence-electron chi connectivity index (χ3n) is 0.976. The zero-order valence-corrected chi connectivity index (χ0v) is 6.30. The molecule has 0 saturated heterocycles. The molecule has 4 nitrogen and oxygen atoms in total. The fraction of sp³-hybridized carbons (Fsp3) is 0. The summed E-state index contributed by atoms with van der Waals surface area (Å²) in [5.74, 6) is 0. The zero-order valence-electron chi connectivity index (χ0n) is 5.48. The van der Waals surface area contributed by atoms with Crippen molar-refractivity contribution in [2.45, 2.75) is 4.90 Å². The second-order valence-corrected chi connectivity index (χ2v) is 3.14. The Hall–Kier alpha value is 0.0900. The van der Waals surface area contributed by atoms with Crippen LogP contribution in [0.25, 0.3) is 0 Å². The average molecular weight is 199 g/mol. The number of hydrogen-bond acceptors (Lipinski definition) is 2. The molecule has 0 unspecified atom stereocenters. The van der Waals surface area contributed by atoms with Gasteiger partial charge in [0.25, 0.3) is 10.1 Å².